The maximum atomic E-state index is 6.02. The first-order valence-corrected chi connectivity index (χ1v) is 6.15. The number of hydrogen-bond donors (Lipinski definition) is 0. The maximum absolute atomic E-state index is 6.02. The fourth-order valence-electron chi connectivity index (χ4n) is 1.66. The van der Waals surface area contributed by atoms with E-state index in [9.17, 15) is 0 Å². The molecule has 96 valence electrons. The van der Waals surface area contributed by atoms with Crippen LogP contribution in [0.4, 0.5) is 5.82 Å². The van der Waals surface area contributed by atoms with Crippen LogP contribution in [0.15, 0.2) is 6.33 Å². The SMILES string of the molecule is COCCN(CC(C)C)c1ncnc(Cl)c1C. The van der Waals surface area contributed by atoms with Gasteiger partial charge in [0.1, 0.15) is 17.3 Å². The minimum absolute atomic E-state index is 0.515. The number of methoxy groups -OCH3 is 1. The van der Waals surface area contributed by atoms with Gasteiger partial charge in [0.2, 0.25) is 0 Å². The summed E-state index contributed by atoms with van der Waals surface area (Å²) in [4.78, 5) is 10.5. The first-order chi connectivity index (χ1) is 8.06. The van der Waals surface area contributed by atoms with Gasteiger partial charge in [0.25, 0.3) is 0 Å². The van der Waals surface area contributed by atoms with E-state index in [0.29, 0.717) is 17.7 Å². The van der Waals surface area contributed by atoms with Crippen LogP contribution in [0.25, 0.3) is 0 Å². The highest BCUT2D eigenvalue weighted by Gasteiger charge is 2.14. The van der Waals surface area contributed by atoms with E-state index in [0.717, 1.165) is 24.5 Å². The molecule has 0 N–H and O–H groups in total. The van der Waals surface area contributed by atoms with Gasteiger partial charge in [-0.25, -0.2) is 9.97 Å². The van der Waals surface area contributed by atoms with Crippen LogP contribution in [0, 0.1) is 12.8 Å². The Morgan fingerprint density at radius 2 is 2.12 bits per heavy atom. The third kappa shape index (κ3) is 4.13. The Morgan fingerprint density at radius 3 is 2.71 bits per heavy atom. The van der Waals surface area contributed by atoms with Crippen molar-refractivity contribution in [2.24, 2.45) is 5.92 Å². The standard InChI is InChI=1S/C12H20ClN3O/c1-9(2)7-16(5-6-17-4)12-10(3)11(13)14-8-15-12/h8-9H,5-7H2,1-4H3. The van der Waals surface area contributed by atoms with Crippen LogP contribution in [0.3, 0.4) is 0 Å². The summed E-state index contributed by atoms with van der Waals surface area (Å²) in [5.41, 5.74) is 0.922. The van der Waals surface area contributed by atoms with Crippen molar-refractivity contribution in [2.75, 3.05) is 31.7 Å². The van der Waals surface area contributed by atoms with Crippen molar-refractivity contribution in [2.45, 2.75) is 20.8 Å². The Hall–Kier alpha value is -0.870. The summed E-state index contributed by atoms with van der Waals surface area (Å²) in [7, 11) is 1.70. The van der Waals surface area contributed by atoms with Crippen molar-refractivity contribution < 1.29 is 4.74 Å². The molecule has 0 saturated heterocycles. The lowest BCUT2D eigenvalue weighted by Crippen LogP contribution is -2.32. The van der Waals surface area contributed by atoms with Crippen LogP contribution in [-0.2, 0) is 4.74 Å². The average Bonchev–Trinajstić information content (AvgIpc) is 2.28. The number of anilines is 1. The van der Waals surface area contributed by atoms with Crippen LogP contribution in [-0.4, -0.2) is 36.8 Å². The molecule has 0 fully saturated rings. The third-order valence-corrected chi connectivity index (χ3v) is 2.83. The minimum Gasteiger partial charge on any atom is -0.383 e. The van der Waals surface area contributed by atoms with Gasteiger partial charge in [0, 0.05) is 25.8 Å². The Kier molecular flexibility index (Phi) is 5.65. The zero-order valence-corrected chi connectivity index (χ0v) is 11.7. The summed E-state index contributed by atoms with van der Waals surface area (Å²) in [6.45, 7) is 8.71. The lowest BCUT2D eigenvalue weighted by atomic mass is 10.2. The highest BCUT2D eigenvalue weighted by atomic mass is 35.5. The zero-order chi connectivity index (χ0) is 12.8. The number of nitrogens with zero attached hydrogens (tertiary/aromatic N) is 3. The number of ether oxygens (including phenoxy) is 1. The maximum Gasteiger partial charge on any atom is 0.137 e. The van der Waals surface area contributed by atoms with Gasteiger partial charge in [0.15, 0.2) is 0 Å². The normalized spacial score (nSPS) is 10.9. The van der Waals surface area contributed by atoms with E-state index in [4.69, 9.17) is 16.3 Å². The topological polar surface area (TPSA) is 38.2 Å². The Balaban J connectivity index is 2.90. The van der Waals surface area contributed by atoms with Gasteiger partial charge < -0.3 is 9.64 Å². The minimum atomic E-state index is 0.515. The lowest BCUT2D eigenvalue weighted by Gasteiger charge is -2.26. The van der Waals surface area contributed by atoms with Crippen LogP contribution in [0.1, 0.15) is 19.4 Å². The van der Waals surface area contributed by atoms with Gasteiger partial charge >= 0.3 is 0 Å². The Labute approximate surface area is 108 Å². The van der Waals surface area contributed by atoms with Gasteiger partial charge in [-0.15, -0.1) is 0 Å². The van der Waals surface area contributed by atoms with E-state index in [-0.39, 0.29) is 0 Å². The van der Waals surface area contributed by atoms with Gasteiger partial charge in [-0.1, -0.05) is 25.4 Å². The van der Waals surface area contributed by atoms with Gasteiger partial charge in [0.05, 0.1) is 6.61 Å². The van der Waals surface area contributed by atoms with Crippen LogP contribution >= 0.6 is 11.6 Å². The molecular weight excluding hydrogens is 238 g/mol. The van der Waals surface area contributed by atoms with Crippen molar-refractivity contribution in [3.8, 4) is 0 Å². The van der Waals surface area contributed by atoms with Gasteiger partial charge in [-0.3, -0.25) is 0 Å². The van der Waals surface area contributed by atoms with Crippen LogP contribution < -0.4 is 4.90 Å². The molecule has 0 radical (unpaired) electrons. The third-order valence-electron chi connectivity index (χ3n) is 2.45. The second-order valence-corrected chi connectivity index (χ2v) is 4.80. The van der Waals surface area contributed by atoms with E-state index in [2.05, 4.69) is 28.7 Å². The highest BCUT2D eigenvalue weighted by Crippen LogP contribution is 2.22. The largest absolute Gasteiger partial charge is 0.383 e. The molecular formula is C12H20ClN3O. The molecule has 1 heterocycles. The Bertz CT molecular complexity index is 358. The first-order valence-electron chi connectivity index (χ1n) is 5.77. The molecule has 0 aromatic carbocycles. The molecule has 4 nitrogen and oxygen atoms in total. The van der Waals surface area contributed by atoms with Crippen molar-refractivity contribution in [3.05, 3.63) is 17.0 Å². The summed E-state index contributed by atoms with van der Waals surface area (Å²) in [5.74, 6) is 1.45. The summed E-state index contributed by atoms with van der Waals surface area (Å²) in [5, 5.41) is 0.515. The summed E-state index contributed by atoms with van der Waals surface area (Å²) in [6, 6.07) is 0. The summed E-state index contributed by atoms with van der Waals surface area (Å²) < 4.78 is 5.13. The predicted octanol–water partition coefficient (Wildman–Crippen LogP) is 2.55. The number of hydrogen-bond acceptors (Lipinski definition) is 4. The second-order valence-electron chi connectivity index (χ2n) is 4.45. The Morgan fingerprint density at radius 1 is 1.41 bits per heavy atom. The molecule has 0 atom stereocenters. The molecule has 0 spiro atoms. The number of halogens is 1. The second kappa shape index (κ2) is 6.77. The molecule has 1 aromatic rings. The molecule has 1 aromatic heterocycles. The molecule has 0 amide bonds. The molecule has 1 rings (SSSR count). The molecule has 0 aliphatic carbocycles. The van der Waals surface area contributed by atoms with Crippen LogP contribution in [0.2, 0.25) is 5.15 Å². The van der Waals surface area contributed by atoms with Crippen molar-refractivity contribution >= 4 is 17.4 Å². The van der Waals surface area contributed by atoms with Gasteiger partial charge in [-0.2, -0.15) is 0 Å². The molecule has 17 heavy (non-hydrogen) atoms. The number of rotatable bonds is 6. The first kappa shape index (κ1) is 14.2. The smallest absolute Gasteiger partial charge is 0.137 e. The number of aromatic nitrogens is 2. The molecule has 0 bridgehead atoms. The fraction of sp³-hybridized carbons (Fsp3) is 0.667. The average molecular weight is 258 g/mol. The van der Waals surface area contributed by atoms with E-state index < -0.39 is 0 Å². The van der Waals surface area contributed by atoms with E-state index in [1.165, 1.54) is 6.33 Å². The van der Waals surface area contributed by atoms with Gasteiger partial charge in [-0.05, 0) is 12.8 Å². The van der Waals surface area contributed by atoms with Crippen LogP contribution in [0.5, 0.6) is 0 Å². The monoisotopic (exact) mass is 257 g/mol. The molecule has 0 aliphatic heterocycles. The molecule has 5 heteroatoms. The highest BCUT2D eigenvalue weighted by molar-refractivity contribution is 6.30. The quantitative estimate of drug-likeness (QED) is 0.734. The van der Waals surface area contributed by atoms with Crippen molar-refractivity contribution in [1.29, 1.82) is 0 Å². The lowest BCUT2D eigenvalue weighted by molar-refractivity contribution is 0.204. The molecule has 0 saturated carbocycles. The predicted molar refractivity (Wildman–Crippen MR) is 70.7 cm³/mol. The van der Waals surface area contributed by atoms with E-state index >= 15 is 0 Å². The zero-order valence-electron chi connectivity index (χ0n) is 10.9. The molecule has 0 aliphatic rings. The van der Waals surface area contributed by atoms with Crippen molar-refractivity contribution in [1.82, 2.24) is 9.97 Å². The van der Waals surface area contributed by atoms with E-state index in [1.54, 1.807) is 7.11 Å². The fourth-order valence-corrected chi connectivity index (χ4v) is 1.79. The van der Waals surface area contributed by atoms with Crippen molar-refractivity contribution in [3.63, 3.8) is 0 Å². The summed E-state index contributed by atoms with van der Waals surface area (Å²) >= 11 is 6.02. The molecule has 0 unspecified atom stereocenters. The van der Waals surface area contributed by atoms with E-state index in [1.807, 2.05) is 6.92 Å². The summed E-state index contributed by atoms with van der Waals surface area (Å²) in [6.07, 6.45) is 1.50.